The van der Waals surface area contributed by atoms with Gasteiger partial charge in [0.2, 0.25) is 0 Å². The van der Waals surface area contributed by atoms with Crippen molar-refractivity contribution in [2.45, 2.75) is 6.92 Å². The molecule has 2 rings (SSSR count). The molecule has 0 unspecified atom stereocenters. The number of aromatic hydroxyl groups is 1. The summed E-state index contributed by atoms with van der Waals surface area (Å²) >= 11 is 11.8. The van der Waals surface area contributed by atoms with Crippen molar-refractivity contribution in [1.29, 1.82) is 0 Å². The van der Waals surface area contributed by atoms with Gasteiger partial charge in [0.1, 0.15) is 5.75 Å². The summed E-state index contributed by atoms with van der Waals surface area (Å²) in [6.45, 7) is 1.74. The summed E-state index contributed by atoms with van der Waals surface area (Å²) in [6.07, 6.45) is 0. The third-order valence-electron chi connectivity index (χ3n) is 2.77. The molecule has 2 aromatic rings. The Labute approximate surface area is 132 Å². The van der Waals surface area contributed by atoms with Crippen LogP contribution in [0.25, 0.3) is 0 Å². The molecule has 2 N–H and O–H groups in total. The maximum atomic E-state index is 11.9. The smallest absolute Gasteiger partial charge is 0.271 e. The first kappa shape index (κ1) is 15.4. The number of nitrogens with zero attached hydrogens (tertiary/aromatic N) is 1. The van der Waals surface area contributed by atoms with E-state index in [1.54, 1.807) is 37.3 Å². The van der Waals surface area contributed by atoms with Gasteiger partial charge < -0.3 is 5.11 Å². The molecule has 0 fully saturated rings. The first-order valence-electron chi connectivity index (χ1n) is 6.06. The molecule has 0 radical (unpaired) electrons. The highest BCUT2D eigenvalue weighted by atomic mass is 35.5. The third-order valence-corrected chi connectivity index (χ3v) is 3.51. The number of hydrazone groups is 1. The van der Waals surface area contributed by atoms with Crippen molar-refractivity contribution in [2.24, 2.45) is 5.10 Å². The van der Waals surface area contributed by atoms with Gasteiger partial charge in [0.15, 0.2) is 0 Å². The summed E-state index contributed by atoms with van der Waals surface area (Å²) in [7, 11) is 0. The van der Waals surface area contributed by atoms with Crippen LogP contribution >= 0.6 is 23.2 Å². The minimum Gasteiger partial charge on any atom is -0.508 e. The number of carbonyl (C=O) groups is 1. The monoisotopic (exact) mass is 322 g/mol. The fourth-order valence-corrected chi connectivity index (χ4v) is 1.93. The fourth-order valence-electron chi connectivity index (χ4n) is 1.63. The summed E-state index contributed by atoms with van der Waals surface area (Å²) in [4.78, 5) is 11.9. The van der Waals surface area contributed by atoms with Gasteiger partial charge in [0, 0.05) is 5.56 Å². The van der Waals surface area contributed by atoms with E-state index in [0.717, 1.165) is 5.56 Å². The van der Waals surface area contributed by atoms with E-state index in [1.807, 2.05) is 0 Å². The molecule has 2 aromatic carbocycles. The van der Waals surface area contributed by atoms with E-state index in [-0.39, 0.29) is 5.75 Å². The Hall–Kier alpha value is -2.04. The summed E-state index contributed by atoms with van der Waals surface area (Å²) in [5.74, 6) is -0.391. The van der Waals surface area contributed by atoms with Gasteiger partial charge in [-0.25, -0.2) is 5.43 Å². The molecule has 4 nitrogen and oxygen atoms in total. The van der Waals surface area contributed by atoms with E-state index in [0.29, 0.717) is 21.3 Å². The van der Waals surface area contributed by atoms with Crippen molar-refractivity contribution < 1.29 is 9.90 Å². The van der Waals surface area contributed by atoms with Crippen LogP contribution in [-0.2, 0) is 0 Å². The van der Waals surface area contributed by atoms with Crippen molar-refractivity contribution in [3.63, 3.8) is 0 Å². The van der Waals surface area contributed by atoms with Gasteiger partial charge in [-0.3, -0.25) is 4.79 Å². The molecule has 0 atom stereocenters. The number of nitrogens with one attached hydrogen (secondary N) is 1. The molecule has 0 saturated carbocycles. The lowest BCUT2D eigenvalue weighted by Crippen LogP contribution is -2.19. The summed E-state index contributed by atoms with van der Waals surface area (Å²) in [6, 6.07) is 11.1. The summed E-state index contributed by atoms with van der Waals surface area (Å²) < 4.78 is 0. The number of phenols is 1. The van der Waals surface area contributed by atoms with Crippen molar-refractivity contribution in [2.75, 3.05) is 0 Å². The summed E-state index contributed by atoms with van der Waals surface area (Å²) in [5, 5.41) is 14.2. The van der Waals surface area contributed by atoms with Crippen molar-refractivity contribution in [1.82, 2.24) is 5.43 Å². The first-order chi connectivity index (χ1) is 9.97. The largest absolute Gasteiger partial charge is 0.508 e. The van der Waals surface area contributed by atoms with Gasteiger partial charge in [0.25, 0.3) is 5.91 Å². The van der Waals surface area contributed by atoms with Crippen LogP contribution in [-0.4, -0.2) is 16.7 Å². The van der Waals surface area contributed by atoms with E-state index in [4.69, 9.17) is 23.2 Å². The predicted molar refractivity (Wildman–Crippen MR) is 84.2 cm³/mol. The second-order valence-electron chi connectivity index (χ2n) is 4.32. The van der Waals surface area contributed by atoms with Gasteiger partial charge in [-0.2, -0.15) is 5.10 Å². The minimum atomic E-state index is -0.412. The molecule has 0 aliphatic heterocycles. The lowest BCUT2D eigenvalue weighted by molar-refractivity contribution is 0.0954. The Balaban J connectivity index is 2.13. The number of rotatable bonds is 3. The average molecular weight is 323 g/mol. The van der Waals surface area contributed by atoms with Crippen LogP contribution in [0.5, 0.6) is 5.75 Å². The summed E-state index contributed by atoms with van der Waals surface area (Å²) in [5.41, 5.74) is 4.08. The quantitative estimate of drug-likeness (QED) is 0.666. The van der Waals surface area contributed by atoms with Crippen molar-refractivity contribution >= 4 is 34.8 Å². The first-order valence-corrected chi connectivity index (χ1v) is 6.82. The van der Waals surface area contributed by atoms with Gasteiger partial charge >= 0.3 is 0 Å². The normalized spacial score (nSPS) is 11.3. The molecule has 108 valence electrons. The number of amides is 1. The van der Waals surface area contributed by atoms with E-state index < -0.39 is 5.91 Å². The van der Waals surface area contributed by atoms with Crippen LogP contribution in [0.4, 0.5) is 0 Å². The molecular weight excluding hydrogens is 311 g/mol. The van der Waals surface area contributed by atoms with Crippen LogP contribution in [0.2, 0.25) is 10.0 Å². The molecule has 6 heteroatoms. The molecular formula is C15H12Cl2N2O2. The van der Waals surface area contributed by atoms with Gasteiger partial charge in [-0.05, 0) is 42.8 Å². The zero-order valence-corrected chi connectivity index (χ0v) is 12.6. The van der Waals surface area contributed by atoms with Crippen LogP contribution in [0.3, 0.4) is 0 Å². The Bertz CT molecular complexity index is 715. The predicted octanol–water partition coefficient (Wildman–Crippen LogP) is 3.85. The minimum absolute atomic E-state index is 0.0211. The highest BCUT2D eigenvalue weighted by molar-refractivity contribution is 6.42. The number of halogens is 2. The van der Waals surface area contributed by atoms with Gasteiger partial charge in [-0.15, -0.1) is 0 Å². The number of hydrogen-bond donors (Lipinski definition) is 2. The standard InChI is InChI=1S/C15H12Cl2N2O2/c1-9(10-5-6-13(16)14(17)8-10)18-19-15(21)11-3-2-4-12(20)7-11/h2-8,20H,1H3,(H,19,21). The van der Waals surface area contributed by atoms with Crippen LogP contribution < -0.4 is 5.43 Å². The molecule has 0 bridgehead atoms. The second kappa shape index (κ2) is 6.61. The SMILES string of the molecule is CC(=NNC(=O)c1cccc(O)c1)c1ccc(Cl)c(Cl)c1. The van der Waals surface area contributed by atoms with Crippen molar-refractivity contribution in [3.05, 3.63) is 63.6 Å². The number of phenolic OH excluding ortho intramolecular Hbond substituents is 1. The zero-order valence-electron chi connectivity index (χ0n) is 11.1. The second-order valence-corrected chi connectivity index (χ2v) is 5.13. The third kappa shape index (κ3) is 3.97. The van der Waals surface area contributed by atoms with Crippen LogP contribution in [0.15, 0.2) is 47.6 Å². The van der Waals surface area contributed by atoms with Crippen molar-refractivity contribution in [3.8, 4) is 5.75 Å². The Morgan fingerprint density at radius 2 is 1.86 bits per heavy atom. The van der Waals surface area contributed by atoms with E-state index >= 15 is 0 Å². The van der Waals surface area contributed by atoms with E-state index in [1.165, 1.54) is 12.1 Å². The number of benzene rings is 2. The maximum absolute atomic E-state index is 11.9. The molecule has 21 heavy (non-hydrogen) atoms. The molecule has 0 aliphatic carbocycles. The van der Waals surface area contributed by atoms with Crippen LogP contribution in [0.1, 0.15) is 22.8 Å². The average Bonchev–Trinajstić information content (AvgIpc) is 2.47. The van der Waals surface area contributed by atoms with E-state index in [2.05, 4.69) is 10.5 Å². The lowest BCUT2D eigenvalue weighted by atomic mass is 10.1. The lowest BCUT2D eigenvalue weighted by Gasteiger charge is -2.04. The van der Waals surface area contributed by atoms with E-state index in [9.17, 15) is 9.90 Å². The maximum Gasteiger partial charge on any atom is 0.271 e. The molecule has 0 spiro atoms. The molecule has 0 saturated heterocycles. The molecule has 0 aliphatic rings. The zero-order chi connectivity index (χ0) is 15.4. The molecule has 1 amide bonds. The molecule has 0 aromatic heterocycles. The van der Waals surface area contributed by atoms with Gasteiger partial charge in [0.05, 0.1) is 15.8 Å². The number of carbonyl (C=O) groups excluding carboxylic acids is 1. The van der Waals surface area contributed by atoms with Gasteiger partial charge in [-0.1, -0.05) is 35.3 Å². The Morgan fingerprint density at radius 1 is 1.10 bits per heavy atom. The molecule has 0 heterocycles. The number of hydrogen-bond acceptors (Lipinski definition) is 3. The highest BCUT2D eigenvalue weighted by Crippen LogP contribution is 2.22. The Morgan fingerprint density at radius 3 is 2.52 bits per heavy atom. The topological polar surface area (TPSA) is 61.7 Å². The Kier molecular flexibility index (Phi) is 4.83. The highest BCUT2D eigenvalue weighted by Gasteiger charge is 2.06. The van der Waals surface area contributed by atoms with Crippen LogP contribution in [0, 0.1) is 0 Å². The fraction of sp³-hybridized carbons (Fsp3) is 0.0667.